The van der Waals surface area contributed by atoms with Gasteiger partial charge in [0.2, 0.25) is 0 Å². The fraction of sp³-hybridized carbons (Fsp3) is 0.583. The van der Waals surface area contributed by atoms with Crippen molar-refractivity contribution in [1.82, 2.24) is 10.2 Å². The van der Waals surface area contributed by atoms with Crippen LogP contribution >= 0.6 is 0 Å². The van der Waals surface area contributed by atoms with E-state index in [9.17, 15) is 14.4 Å². The highest BCUT2D eigenvalue weighted by Gasteiger charge is 2.38. The van der Waals surface area contributed by atoms with Gasteiger partial charge in [-0.1, -0.05) is 6.42 Å². The summed E-state index contributed by atoms with van der Waals surface area (Å²) < 4.78 is 0. The lowest BCUT2D eigenvalue weighted by Crippen LogP contribution is -2.41. The van der Waals surface area contributed by atoms with Crippen molar-refractivity contribution in [3.05, 3.63) is 12.2 Å². The molecule has 1 aliphatic carbocycles. The molecule has 1 saturated carbocycles. The number of hydrogen-bond acceptors (Lipinski definition) is 3. The first-order chi connectivity index (χ1) is 8.56. The number of nitrogens with zero attached hydrogens (tertiary/aromatic N) is 1. The molecule has 6 heteroatoms. The summed E-state index contributed by atoms with van der Waals surface area (Å²) in [6.45, 7) is 1.40. The van der Waals surface area contributed by atoms with E-state index in [1.807, 2.05) is 0 Å². The summed E-state index contributed by atoms with van der Waals surface area (Å²) in [6.07, 6.45) is 5.09. The van der Waals surface area contributed by atoms with E-state index in [1.54, 1.807) is 4.90 Å². The van der Waals surface area contributed by atoms with Crippen LogP contribution in [0.4, 0.5) is 4.79 Å². The van der Waals surface area contributed by atoms with Crippen molar-refractivity contribution in [1.29, 1.82) is 0 Å². The predicted molar refractivity (Wildman–Crippen MR) is 62.7 cm³/mol. The molecule has 0 spiro atoms. The molecule has 1 saturated heterocycles. The Morgan fingerprint density at radius 1 is 1.11 bits per heavy atom. The molecule has 1 heterocycles. The van der Waals surface area contributed by atoms with Gasteiger partial charge in [-0.15, -0.1) is 0 Å². The van der Waals surface area contributed by atoms with E-state index in [4.69, 9.17) is 5.11 Å². The molecule has 0 radical (unpaired) electrons. The lowest BCUT2D eigenvalue weighted by atomic mass is 10.0. The number of imide groups is 1. The molecule has 2 aliphatic rings. The van der Waals surface area contributed by atoms with Crippen molar-refractivity contribution < 1.29 is 19.5 Å². The highest BCUT2D eigenvalue weighted by molar-refractivity contribution is 6.02. The first kappa shape index (κ1) is 12.6. The lowest BCUT2D eigenvalue weighted by Gasteiger charge is -2.16. The Hall–Kier alpha value is -1.85. The smallest absolute Gasteiger partial charge is 0.328 e. The van der Waals surface area contributed by atoms with Crippen LogP contribution in [0.1, 0.15) is 19.3 Å². The number of carboxylic acid groups (broad SMARTS) is 1. The fourth-order valence-corrected chi connectivity index (χ4v) is 2.77. The Kier molecular flexibility index (Phi) is 3.64. The molecule has 0 bridgehead atoms. The van der Waals surface area contributed by atoms with Crippen molar-refractivity contribution in [2.24, 2.45) is 11.8 Å². The van der Waals surface area contributed by atoms with Crippen LogP contribution in [0.25, 0.3) is 0 Å². The van der Waals surface area contributed by atoms with Crippen molar-refractivity contribution in [3.8, 4) is 0 Å². The Morgan fingerprint density at radius 3 is 2.28 bits per heavy atom. The van der Waals surface area contributed by atoms with Crippen molar-refractivity contribution in [3.63, 3.8) is 0 Å². The summed E-state index contributed by atoms with van der Waals surface area (Å²) in [4.78, 5) is 34.9. The average molecular weight is 252 g/mol. The van der Waals surface area contributed by atoms with Crippen molar-refractivity contribution >= 4 is 17.9 Å². The zero-order chi connectivity index (χ0) is 13.1. The largest absolute Gasteiger partial charge is 0.478 e. The Morgan fingerprint density at radius 2 is 1.72 bits per heavy atom. The third-order valence-electron chi connectivity index (χ3n) is 3.62. The second kappa shape index (κ2) is 5.20. The highest BCUT2D eigenvalue weighted by Crippen LogP contribution is 2.37. The molecular formula is C12H16N2O4. The molecule has 3 amide bonds. The van der Waals surface area contributed by atoms with Gasteiger partial charge in [0.25, 0.3) is 5.91 Å². The zero-order valence-electron chi connectivity index (χ0n) is 9.96. The van der Waals surface area contributed by atoms with E-state index in [-0.39, 0.29) is 0 Å². The standard InChI is InChI=1S/C12H16N2O4/c15-10(4-5-11(16)17)13-12(18)14-6-8-2-1-3-9(8)7-14/h4-5,8-9H,1-3,6-7H2,(H,16,17)(H,13,15,18)/b5-4+. The summed E-state index contributed by atoms with van der Waals surface area (Å²) in [7, 11) is 0. The summed E-state index contributed by atoms with van der Waals surface area (Å²) in [5.74, 6) is -0.770. The molecule has 2 fully saturated rings. The van der Waals surface area contributed by atoms with Crippen molar-refractivity contribution in [2.45, 2.75) is 19.3 Å². The SMILES string of the molecule is O=C(O)/C=C/C(=O)NC(=O)N1CC2CCCC2C1. The van der Waals surface area contributed by atoms with E-state index in [1.165, 1.54) is 6.42 Å². The molecule has 2 unspecified atom stereocenters. The van der Waals surface area contributed by atoms with Crippen LogP contribution in [-0.2, 0) is 9.59 Å². The lowest BCUT2D eigenvalue weighted by molar-refractivity contribution is -0.131. The Balaban J connectivity index is 1.82. The van der Waals surface area contributed by atoms with Gasteiger partial charge in [-0.05, 0) is 24.7 Å². The minimum atomic E-state index is -1.21. The molecule has 2 atom stereocenters. The van der Waals surface area contributed by atoms with Crippen LogP contribution < -0.4 is 5.32 Å². The van der Waals surface area contributed by atoms with Gasteiger partial charge in [-0.3, -0.25) is 10.1 Å². The van der Waals surface area contributed by atoms with Crippen LogP contribution in [0.15, 0.2) is 12.2 Å². The third kappa shape index (κ3) is 2.88. The molecule has 0 aromatic carbocycles. The van der Waals surface area contributed by atoms with Gasteiger partial charge in [0.15, 0.2) is 0 Å². The monoisotopic (exact) mass is 252 g/mol. The van der Waals surface area contributed by atoms with Crippen LogP contribution in [0.2, 0.25) is 0 Å². The maximum Gasteiger partial charge on any atom is 0.328 e. The maximum atomic E-state index is 11.7. The van der Waals surface area contributed by atoms with Crippen molar-refractivity contribution in [2.75, 3.05) is 13.1 Å². The van der Waals surface area contributed by atoms with Gasteiger partial charge >= 0.3 is 12.0 Å². The highest BCUT2D eigenvalue weighted by atomic mass is 16.4. The number of carboxylic acids is 1. The van der Waals surface area contributed by atoms with E-state index in [2.05, 4.69) is 5.32 Å². The molecule has 18 heavy (non-hydrogen) atoms. The number of amides is 3. The number of likely N-dealkylation sites (tertiary alicyclic amines) is 1. The van der Waals surface area contributed by atoms with Gasteiger partial charge in [-0.2, -0.15) is 0 Å². The number of rotatable bonds is 2. The number of carbonyl (C=O) groups is 3. The van der Waals surface area contributed by atoms with Gasteiger partial charge in [0.05, 0.1) is 0 Å². The third-order valence-corrected chi connectivity index (χ3v) is 3.62. The molecule has 0 aromatic rings. The second-order valence-corrected chi connectivity index (χ2v) is 4.82. The summed E-state index contributed by atoms with van der Waals surface area (Å²) in [5.41, 5.74) is 0. The quantitative estimate of drug-likeness (QED) is 0.704. The number of nitrogens with one attached hydrogen (secondary N) is 1. The van der Waals surface area contributed by atoms with E-state index < -0.39 is 17.9 Å². The van der Waals surface area contributed by atoms with E-state index in [0.29, 0.717) is 31.0 Å². The fourth-order valence-electron chi connectivity index (χ4n) is 2.77. The van der Waals surface area contributed by atoms with E-state index in [0.717, 1.165) is 18.9 Å². The minimum absolute atomic E-state index is 0.426. The molecular weight excluding hydrogens is 236 g/mol. The normalized spacial score (nSPS) is 26.3. The molecule has 98 valence electrons. The van der Waals surface area contributed by atoms with Crippen LogP contribution in [0.3, 0.4) is 0 Å². The molecule has 0 aromatic heterocycles. The van der Waals surface area contributed by atoms with Gasteiger partial charge in [0, 0.05) is 25.2 Å². The topological polar surface area (TPSA) is 86.7 Å². The van der Waals surface area contributed by atoms with Gasteiger partial charge in [-0.25, -0.2) is 9.59 Å². The molecule has 2 N–H and O–H groups in total. The Labute approximate surface area is 105 Å². The number of urea groups is 1. The van der Waals surface area contributed by atoms with Crippen LogP contribution in [-0.4, -0.2) is 41.0 Å². The summed E-state index contributed by atoms with van der Waals surface area (Å²) >= 11 is 0. The van der Waals surface area contributed by atoms with Gasteiger partial charge < -0.3 is 10.0 Å². The first-order valence-corrected chi connectivity index (χ1v) is 6.07. The first-order valence-electron chi connectivity index (χ1n) is 6.07. The predicted octanol–water partition coefficient (Wildman–Crippen LogP) is 0.595. The average Bonchev–Trinajstić information content (AvgIpc) is 2.85. The number of aliphatic carboxylic acids is 1. The Bertz CT molecular complexity index is 393. The zero-order valence-corrected chi connectivity index (χ0v) is 9.96. The molecule has 1 aliphatic heterocycles. The minimum Gasteiger partial charge on any atom is -0.478 e. The second-order valence-electron chi connectivity index (χ2n) is 4.82. The van der Waals surface area contributed by atoms with E-state index >= 15 is 0 Å². The number of carbonyl (C=O) groups excluding carboxylic acids is 2. The summed E-state index contributed by atoms with van der Waals surface area (Å²) in [6, 6.07) is -0.426. The molecule has 2 rings (SSSR count). The number of hydrogen-bond donors (Lipinski definition) is 2. The molecule has 6 nitrogen and oxygen atoms in total. The van der Waals surface area contributed by atoms with Gasteiger partial charge in [0.1, 0.15) is 0 Å². The van der Waals surface area contributed by atoms with Crippen LogP contribution in [0, 0.1) is 11.8 Å². The maximum absolute atomic E-state index is 11.7. The summed E-state index contributed by atoms with van der Waals surface area (Å²) in [5, 5.41) is 10.5. The number of fused-ring (bicyclic) bond motifs is 1. The van der Waals surface area contributed by atoms with Crippen LogP contribution in [0.5, 0.6) is 0 Å².